The number of rotatable bonds is 1. The molecule has 1 aliphatic heterocycles. The van der Waals surface area contributed by atoms with Gasteiger partial charge in [-0.1, -0.05) is 38.3 Å². The average Bonchev–Trinajstić information content (AvgIpc) is 2.12. The Morgan fingerprint density at radius 3 is 2.00 bits per heavy atom. The lowest BCUT2D eigenvalue weighted by atomic mass is 9.39. The molecule has 1 heteroatoms. The van der Waals surface area contributed by atoms with Gasteiger partial charge < -0.3 is 0 Å². The maximum Gasteiger partial charge on any atom is 0.171 e. The van der Waals surface area contributed by atoms with Gasteiger partial charge >= 0.3 is 0 Å². The second-order valence-corrected chi connectivity index (χ2v) is 3.34. The fraction of sp³-hybridized carbons (Fsp3) is 0.750. The third-order valence-corrected chi connectivity index (χ3v) is 2.66. The standard InChI is InChI=1S/C8H15B/c1-4-9-7(2)5-6-8(9)3/h4,7-8H,1,5-6H2,2-3H3. The molecule has 0 radical (unpaired) electrons. The highest BCUT2D eigenvalue weighted by molar-refractivity contribution is 6.67. The third-order valence-electron chi connectivity index (χ3n) is 2.66. The van der Waals surface area contributed by atoms with Crippen molar-refractivity contribution in [1.29, 1.82) is 0 Å². The molecule has 0 amide bonds. The van der Waals surface area contributed by atoms with Crippen molar-refractivity contribution in [3.63, 3.8) is 0 Å². The van der Waals surface area contributed by atoms with Gasteiger partial charge in [-0.2, -0.15) is 0 Å². The van der Waals surface area contributed by atoms with Crippen LogP contribution in [-0.4, -0.2) is 6.71 Å². The van der Waals surface area contributed by atoms with Crippen LogP contribution in [0, 0.1) is 0 Å². The van der Waals surface area contributed by atoms with Crippen molar-refractivity contribution >= 4 is 6.71 Å². The Kier molecular flexibility index (Phi) is 1.99. The van der Waals surface area contributed by atoms with Crippen molar-refractivity contribution in [2.24, 2.45) is 0 Å². The van der Waals surface area contributed by atoms with Crippen LogP contribution in [0.2, 0.25) is 11.6 Å². The molecule has 1 rings (SSSR count). The van der Waals surface area contributed by atoms with Crippen LogP contribution in [0.3, 0.4) is 0 Å². The summed E-state index contributed by atoms with van der Waals surface area (Å²) in [7, 11) is 0. The summed E-state index contributed by atoms with van der Waals surface area (Å²) in [5.74, 6) is 3.90. The Morgan fingerprint density at radius 1 is 1.33 bits per heavy atom. The zero-order chi connectivity index (χ0) is 6.85. The van der Waals surface area contributed by atoms with E-state index in [0.717, 1.165) is 18.3 Å². The monoisotopic (exact) mass is 122 g/mol. The van der Waals surface area contributed by atoms with E-state index in [1.54, 1.807) is 0 Å². The highest BCUT2D eigenvalue weighted by Crippen LogP contribution is 2.37. The van der Waals surface area contributed by atoms with E-state index in [2.05, 4.69) is 26.4 Å². The van der Waals surface area contributed by atoms with Gasteiger partial charge in [-0.25, -0.2) is 0 Å². The molecular formula is C8H15B. The molecule has 0 aliphatic carbocycles. The van der Waals surface area contributed by atoms with Crippen LogP contribution in [0.15, 0.2) is 12.6 Å². The summed E-state index contributed by atoms with van der Waals surface area (Å²) in [6.45, 7) is 9.30. The van der Waals surface area contributed by atoms with Gasteiger partial charge in [-0.05, 0) is 0 Å². The van der Waals surface area contributed by atoms with Gasteiger partial charge in [0.2, 0.25) is 0 Å². The van der Waals surface area contributed by atoms with E-state index in [-0.39, 0.29) is 0 Å². The summed E-state index contributed by atoms with van der Waals surface area (Å²) < 4.78 is 0. The Labute approximate surface area is 58.4 Å². The van der Waals surface area contributed by atoms with E-state index >= 15 is 0 Å². The van der Waals surface area contributed by atoms with E-state index < -0.39 is 0 Å². The summed E-state index contributed by atoms with van der Waals surface area (Å²) in [4.78, 5) is 0. The molecule has 50 valence electrons. The van der Waals surface area contributed by atoms with Gasteiger partial charge in [0.05, 0.1) is 0 Å². The Hall–Kier alpha value is -0.195. The summed E-state index contributed by atoms with van der Waals surface area (Å²) in [6, 6.07) is 0. The minimum atomic E-state index is 0.796. The molecule has 0 aromatic rings. The molecule has 1 heterocycles. The van der Waals surface area contributed by atoms with Crippen molar-refractivity contribution in [3.8, 4) is 0 Å². The maximum absolute atomic E-state index is 3.84. The summed E-state index contributed by atoms with van der Waals surface area (Å²) in [5, 5.41) is 0. The van der Waals surface area contributed by atoms with Gasteiger partial charge in [0.1, 0.15) is 0 Å². The normalized spacial score (nSPS) is 35.1. The molecule has 0 aromatic heterocycles. The first-order valence-electron chi connectivity index (χ1n) is 3.88. The van der Waals surface area contributed by atoms with Crippen molar-refractivity contribution in [2.75, 3.05) is 0 Å². The molecule has 0 saturated carbocycles. The smallest absolute Gasteiger partial charge is 0.122 e. The van der Waals surface area contributed by atoms with Gasteiger partial charge in [0, 0.05) is 0 Å². The minimum Gasteiger partial charge on any atom is -0.122 e. The predicted octanol–water partition coefficient (Wildman–Crippen LogP) is 2.78. The molecule has 0 spiro atoms. The van der Waals surface area contributed by atoms with Crippen LogP contribution in [0.1, 0.15) is 26.7 Å². The molecule has 2 unspecified atom stereocenters. The fourth-order valence-electron chi connectivity index (χ4n) is 1.94. The summed E-state index contributed by atoms with van der Waals surface area (Å²) >= 11 is 0. The van der Waals surface area contributed by atoms with Crippen LogP contribution < -0.4 is 0 Å². The Balaban J connectivity index is 2.54. The fourth-order valence-corrected chi connectivity index (χ4v) is 1.94. The van der Waals surface area contributed by atoms with E-state index in [1.165, 1.54) is 12.8 Å². The second-order valence-electron chi connectivity index (χ2n) is 3.34. The van der Waals surface area contributed by atoms with Gasteiger partial charge in [0.25, 0.3) is 0 Å². The first kappa shape index (κ1) is 6.92. The lowest BCUT2D eigenvalue weighted by Crippen LogP contribution is -2.12. The number of hydrogen-bond acceptors (Lipinski definition) is 0. The van der Waals surface area contributed by atoms with E-state index in [9.17, 15) is 0 Å². The van der Waals surface area contributed by atoms with E-state index in [4.69, 9.17) is 0 Å². The Morgan fingerprint density at radius 2 is 1.78 bits per heavy atom. The van der Waals surface area contributed by atoms with E-state index in [0.29, 0.717) is 0 Å². The molecule has 0 aromatic carbocycles. The third kappa shape index (κ3) is 1.20. The molecule has 1 aliphatic rings. The molecule has 0 nitrogen and oxygen atoms in total. The molecular weight excluding hydrogens is 107 g/mol. The minimum absolute atomic E-state index is 0.796. The maximum atomic E-state index is 3.84. The molecule has 2 atom stereocenters. The zero-order valence-electron chi connectivity index (χ0n) is 6.43. The van der Waals surface area contributed by atoms with Crippen molar-refractivity contribution < 1.29 is 0 Å². The molecule has 1 fully saturated rings. The quantitative estimate of drug-likeness (QED) is 0.469. The molecule has 0 N–H and O–H groups in total. The molecule has 1 saturated heterocycles. The van der Waals surface area contributed by atoms with Crippen molar-refractivity contribution in [2.45, 2.75) is 38.3 Å². The largest absolute Gasteiger partial charge is 0.171 e. The molecule has 9 heavy (non-hydrogen) atoms. The van der Waals surface area contributed by atoms with Gasteiger partial charge in [0.15, 0.2) is 6.71 Å². The summed E-state index contributed by atoms with van der Waals surface area (Å²) in [5.41, 5.74) is 0. The second kappa shape index (κ2) is 2.59. The van der Waals surface area contributed by atoms with Crippen LogP contribution in [0.4, 0.5) is 0 Å². The van der Waals surface area contributed by atoms with Crippen molar-refractivity contribution in [3.05, 3.63) is 12.6 Å². The average molecular weight is 122 g/mol. The predicted molar refractivity (Wildman–Crippen MR) is 44.0 cm³/mol. The Bertz CT molecular complexity index is 99.1. The van der Waals surface area contributed by atoms with Crippen LogP contribution >= 0.6 is 0 Å². The first-order chi connectivity index (χ1) is 4.25. The SMILES string of the molecule is C=CB1C(C)CCC1C. The summed E-state index contributed by atoms with van der Waals surface area (Å²) in [6.07, 6.45) is 2.80. The zero-order valence-corrected chi connectivity index (χ0v) is 6.43. The van der Waals surface area contributed by atoms with Crippen LogP contribution in [-0.2, 0) is 0 Å². The lowest BCUT2D eigenvalue weighted by molar-refractivity contribution is 0.765. The van der Waals surface area contributed by atoms with Gasteiger partial charge in [-0.3, -0.25) is 0 Å². The van der Waals surface area contributed by atoms with E-state index in [1.807, 2.05) is 0 Å². The van der Waals surface area contributed by atoms with Gasteiger partial charge in [-0.15, -0.1) is 12.6 Å². The molecule has 0 bridgehead atoms. The number of hydrogen-bond donors (Lipinski definition) is 0. The van der Waals surface area contributed by atoms with Crippen molar-refractivity contribution in [1.82, 2.24) is 0 Å². The van der Waals surface area contributed by atoms with Crippen LogP contribution in [0.5, 0.6) is 0 Å². The van der Waals surface area contributed by atoms with Crippen LogP contribution in [0.25, 0.3) is 0 Å². The topological polar surface area (TPSA) is 0 Å². The highest BCUT2D eigenvalue weighted by Gasteiger charge is 2.30. The lowest BCUT2D eigenvalue weighted by Gasteiger charge is -2.08. The first-order valence-corrected chi connectivity index (χ1v) is 3.88. The highest BCUT2D eigenvalue weighted by atomic mass is 14.1.